The zero-order valence-electron chi connectivity index (χ0n) is 13.9. The van der Waals surface area contributed by atoms with Gasteiger partial charge < -0.3 is 13.3 Å². The van der Waals surface area contributed by atoms with Crippen LogP contribution in [0.25, 0.3) is 0 Å². The second-order valence-corrected chi connectivity index (χ2v) is 7.74. The Morgan fingerprint density at radius 2 is 1.29 bits per heavy atom. The van der Waals surface area contributed by atoms with E-state index in [-0.39, 0.29) is 0 Å². The summed E-state index contributed by atoms with van der Waals surface area (Å²) in [5.41, 5.74) is 0. The molecular weight excluding hydrogens is 302 g/mol. The van der Waals surface area contributed by atoms with Gasteiger partial charge in [0.25, 0.3) is 0 Å². The molecule has 0 N–H and O–H groups in total. The third kappa shape index (κ3) is 11.2. The first-order chi connectivity index (χ1) is 10.2. The molecule has 6 heteroatoms. The lowest BCUT2D eigenvalue weighted by atomic mass is 10.1. The van der Waals surface area contributed by atoms with E-state index in [0.717, 1.165) is 25.4 Å². The van der Waals surface area contributed by atoms with Crippen molar-refractivity contribution in [3.05, 3.63) is 0 Å². The van der Waals surface area contributed by atoms with Crippen molar-refractivity contribution < 1.29 is 13.3 Å². The van der Waals surface area contributed by atoms with Crippen molar-refractivity contribution in [1.82, 2.24) is 0 Å². The molecule has 0 fully saturated rings. The molecule has 21 heavy (non-hydrogen) atoms. The second-order valence-electron chi connectivity index (χ2n) is 4.83. The third-order valence-corrected chi connectivity index (χ3v) is 6.44. The minimum atomic E-state index is -2.42. The van der Waals surface area contributed by atoms with E-state index in [1.165, 1.54) is 25.7 Å². The highest BCUT2D eigenvalue weighted by Crippen LogP contribution is 2.20. The number of hydrogen-bond donors (Lipinski definition) is 0. The molecule has 0 aliphatic rings. The minimum Gasteiger partial charge on any atom is -0.374 e. The molecule has 0 aromatic carbocycles. The minimum absolute atomic E-state index is 0.659. The van der Waals surface area contributed by atoms with Crippen LogP contribution in [0.4, 0.5) is 0 Å². The molecule has 0 radical (unpaired) electrons. The van der Waals surface area contributed by atoms with Gasteiger partial charge >= 0.3 is 8.80 Å². The number of aliphatic imine (C=N–C) groups is 1. The summed E-state index contributed by atoms with van der Waals surface area (Å²) in [6, 6.07) is 0.928. The number of hydrogen-bond acceptors (Lipinski definition) is 5. The summed E-state index contributed by atoms with van der Waals surface area (Å²) in [5, 5.41) is 2.40. The summed E-state index contributed by atoms with van der Waals surface area (Å²) in [4.78, 5) is 3.92. The summed E-state index contributed by atoms with van der Waals surface area (Å²) in [6.07, 6.45) is 7.14. The molecule has 0 saturated carbocycles. The molecule has 0 heterocycles. The first-order valence-electron chi connectivity index (χ1n) is 8.20. The maximum atomic E-state index is 5.85. The Kier molecular flexibility index (Phi) is 14.7. The SMILES string of the molecule is CCO[Si](CCCCCCCCN=C=S)(OCC)OCC. The van der Waals surface area contributed by atoms with Gasteiger partial charge in [-0.2, -0.15) is 0 Å². The molecule has 0 spiro atoms. The zero-order chi connectivity index (χ0) is 15.8. The molecule has 0 rings (SSSR count). The fraction of sp³-hybridized carbons (Fsp3) is 0.933. The molecule has 0 unspecified atom stereocenters. The standard InChI is InChI=1S/C15H31NO3SSi/c1-4-17-21(18-5-2,19-6-3)14-12-10-8-7-9-11-13-16-15-20/h4-14H2,1-3H3. The topological polar surface area (TPSA) is 40.0 Å². The molecule has 4 nitrogen and oxygen atoms in total. The van der Waals surface area contributed by atoms with Gasteiger partial charge in [0.05, 0.1) is 5.16 Å². The van der Waals surface area contributed by atoms with Crippen LogP contribution in [0, 0.1) is 0 Å². The zero-order valence-corrected chi connectivity index (χ0v) is 15.7. The lowest BCUT2D eigenvalue weighted by molar-refractivity contribution is 0.0706. The number of rotatable bonds is 15. The quantitative estimate of drug-likeness (QED) is 0.192. The van der Waals surface area contributed by atoms with E-state index in [1.54, 1.807) is 0 Å². The van der Waals surface area contributed by atoms with Crippen molar-refractivity contribution in [1.29, 1.82) is 0 Å². The molecule has 0 amide bonds. The average molecular weight is 334 g/mol. The van der Waals surface area contributed by atoms with Crippen LogP contribution in [0.3, 0.4) is 0 Å². The van der Waals surface area contributed by atoms with Crippen LogP contribution in [0.1, 0.15) is 59.3 Å². The molecule has 0 aromatic rings. The second kappa shape index (κ2) is 14.8. The Bertz CT molecular complexity index is 269. The largest absolute Gasteiger partial charge is 0.500 e. The predicted molar refractivity (Wildman–Crippen MR) is 93.0 cm³/mol. The van der Waals surface area contributed by atoms with Crippen LogP contribution in [-0.4, -0.2) is 40.3 Å². The van der Waals surface area contributed by atoms with Gasteiger partial charge in [0, 0.05) is 32.4 Å². The normalized spacial score (nSPS) is 11.4. The number of thiocarbonyl (C=S) groups is 1. The Morgan fingerprint density at radius 3 is 1.76 bits per heavy atom. The van der Waals surface area contributed by atoms with Crippen LogP contribution in [-0.2, 0) is 13.3 Å². The number of isothiocyanates is 1. The molecule has 0 aliphatic heterocycles. The van der Waals surface area contributed by atoms with Gasteiger partial charge in [-0.1, -0.05) is 25.7 Å². The van der Waals surface area contributed by atoms with Crippen molar-refractivity contribution in [2.75, 3.05) is 26.4 Å². The van der Waals surface area contributed by atoms with E-state index in [9.17, 15) is 0 Å². The monoisotopic (exact) mass is 333 g/mol. The van der Waals surface area contributed by atoms with Crippen LogP contribution < -0.4 is 0 Å². The lowest BCUT2D eigenvalue weighted by Gasteiger charge is -2.28. The molecule has 0 atom stereocenters. The van der Waals surface area contributed by atoms with Crippen LogP contribution in [0.5, 0.6) is 0 Å². The van der Waals surface area contributed by atoms with E-state index < -0.39 is 8.80 Å². The highest BCUT2D eigenvalue weighted by molar-refractivity contribution is 7.78. The first-order valence-corrected chi connectivity index (χ1v) is 10.5. The van der Waals surface area contributed by atoms with Gasteiger partial charge in [-0.15, -0.1) is 0 Å². The summed E-state index contributed by atoms with van der Waals surface area (Å²) in [5.74, 6) is 0. The van der Waals surface area contributed by atoms with Crippen LogP contribution >= 0.6 is 12.2 Å². The smallest absolute Gasteiger partial charge is 0.374 e. The summed E-state index contributed by atoms with van der Waals surface area (Å²) in [7, 11) is -2.42. The fourth-order valence-electron chi connectivity index (χ4n) is 2.29. The molecule has 0 saturated heterocycles. The molecule has 124 valence electrons. The van der Waals surface area contributed by atoms with Crippen molar-refractivity contribution in [2.45, 2.75) is 65.3 Å². The van der Waals surface area contributed by atoms with Crippen LogP contribution in [0.15, 0.2) is 4.99 Å². The van der Waals surface area contributed by atoms with Crippen molar-refractivity contribution in [3.63, 3.8) is 0 Å². The van der Waals surface area contributed by atoms with Gasteiger partial charge in [0.15, 0.2) is 0 Å². The van der Waals surface area contributed by atoms with Gasteiger partial charge in [-0.25, -0.2) is 4.99 Å². The predicted octanol–water partition coefficient (Wildman–Crippen LogP) is 4.48. The number of nitrogens with zero attached hydrogens (tertiary/aromatic N) is 1. The maximum absolute atomic E-state index is 5.85. The molecule has 0 bridgehead atoms. The van der Waals surface area contributed by atoms with Crippen molar-refractivity contribution in [3.8, 4) is 0 Å². The first kappa shape index (κ1) is 20.9. The summed E-state index contributed by atoms with van der Waals surface area (Å²) < 4.78 is 17.5. The maximum Gasteiger partial charge on any atom is 0.500 e. The van der Waals surface area contributed by atoms with Crippen molar-refractivity contribution >= 4 is 26.2 Å². The van der Waals surface area contributed by atoms with E-state index in [2.05, 4.69) is 22.4 Å². The third-order valence-electron chi connectivity index (χ3n) is 3.16. The van der Waals surface area contributed by atoms with Gasteiger partial charge in [0.2, 0.25) is 0 Å². The lowest BCUT2D eigenvalue weighted by Crippen LogP contribution is -2.45. The summed E-state index contributed by atoms with van der Waals surface area (Å²) >= 11 is 4.54. The van der Waals surface area contributed by atoms with E-state index in [0.29, 0.717) is 19.8 Å². The Hall–Kier alpha value is -0.103. The van der Waals surface area contributed by atoms with Gasteiger partial charge in [0.1, 0.15) is 0 Å². The van der Waals surface area contributed by atoms with Gasteiger partial charge in [-0.3, -0.25) is 0 Å². The number of unbranched alkanes of at least 4 members (excludes halogenated alkanes) is 5. The Morgan fingerprint density at radius 1 is 0.810 bits per heavy atom. The fourth-order valence-corrected chi connectivity index (χ4v) is 5.06. The molecule has 0 aromatic heterocycles. The highest BCUT2D eigenvalue weighted by atomic mass is 32.1. The van der Waals surface area contributed by atoms with Gasteiger partial charge in [-0.05, 0) is 45.8 Å². The van der Waals surface area contributed by atoms with E-state index in [1.807, 2.05) is 20.8 Å². The highest BCUT2D eigenvalue weighted by Gasteiger charge is 2.39. The Balaban J connectivity index is 3.83. The molecular formula is C15H31NO3SSi. The summed E-state index contributed by atoms with van der Waals surface area (Å²) in [6.45, 7) is 8.80. The molecule has 0 aliphatic carbocycles. The van der Waals surface area contributed by atoms with E-state index >= 15 is 0 Å². The average Bonchev–Trinajstić information content (AvgIpc) is 2.46. The van der Waals surface area contributed by atoms with Crippen molar-refractivity contribution in [2.24, 2.45) is 4.99 Å². The van der Waals surface area contributed by atoms with E-state index in [4.69, 9.17) is 13.3 Å². The van der Waals surface area contributed by atoms with Crippen LogP contribution in [0.2, 0.25) is 6.04 Å². The Labute approximate surface area is 136 Å².